The maximum Gasteiger partial charge on any atom is 0.282 e. The summed E-state index contributed by atoms with van der Waals surface area (Å²) in [5, 5.41) is 2.82. The number of carbonyl (C=O) groups excluding carboxylic acids is 1. The monoisotopic (exact) mass is 321 g/mol. The number of ether oxygens (including phenoxy) is 2. The highest BCUT2D eigenvalue weighted by molar-refractivity contribution is 5.95. The van der Waals surface area contributed by atoms with Crippen molar-refractivity contribution in [3.8, 4) is 0 Å². The van der Waals surface area contributed by atoms with E-state index in [1.165, 1.54) is 12.1 Å². The average Bonchev–Trinajstić information content (AvgIpc) is 2.46. The number of nitrogens with zero attached hydrogens (tertiary/aromatic N) is 1. The maximum atomic E-state index is 14.3. The van der Waals surface area contributed by atoms with Crippen LogP contribution in [0.3, 0.4) is 0 Å². The van der Waals surface area contributed by atoms with Gasteiger partial charge in [0.05, 0.1) is 30.8 Å². The van der Waals surface area contributed by atoms with Crippen LogP contribution in [-0.4, -0.2) is 31.7 Å². The lowest BCUT2D eigenvalue weighted by Gasteiger charge is -2.36. The Labute approximate surface area is 133 Å². The third kappa shape index (κ3) is 2.88. The van der Waals surface area contributed by atoms with Gasteiger partial charge < -0.3 is 20.5 Å². The molecule has 0 saturated carbocycles. The Bertz CT molecular complexity index is 673. The third-order valence-corrected chi connectivity index (χ3v) is 4.39. The number of nitrogens with one attached hydrogen (secondary N) is 1. The Hall–Kier alpha value is -2.15. The predicted octanol–water partition coefficient (Wildman–Crippen LogP) is 1.75. The molecule has 6 nitrogen and oxygen atoms in total. The number of hydrogen-bond donors (Lipinski definition) is 2. The van der Waals surface area contributed by atoms with Gasteiger partial charge >= 0.3 is 0 Å². The molecule has 1 aromatic rings. The highest BCUT2D eigenvalue weighted by atomic mass is 19.1. The van der Waals surface area contributed by atoms with Crippen LogP contribution in [0.25, 0.3) is 0 Å². The smallest absolute Gasteiger partial charge is 0.282 e. The Morgan fingerprint density at radius 2 is 2.13 bits per heavy atom. The summed E-state index contributed by atoms with van der Waals surface area (Å²) in [5.41, 5.74) is 5.20. The summed E-state index contributed by atoms with van der Waals surface area (Å²) in [6.45, 7) is 4.79. The summed E-state index contributed by atoms with van der Waals surface area (Å²) < 4.78 is 24.5. The van der Waals surface area contributed by atoms with E-state index in [1.807, 2.05) is 6.92 Å². The quantitative estimate of drug-likeness (QED) is 0.888. The van der Waals surface area contributed by atoms with Crippen molar-refractivity contribution in [1.29, 1.82) is 0 Å². The lowest BCUT2D eigenvalue weighted by molar-refractivity contribution is -0.151. The van der Waals surface area contributed by atoms with Gasteiger partial charge in [-0.25, -0.2) is 9.38 Å². The number of amidine groups is 1. The van der Waals surface area contributed by atoms with Gasteiger partial charge in [0.25, 0.3) is 6.02 Å². The van der Waals surface area contributed by atoms with Crippen LogP contribution >= 0.6 is 0 Å². The molecule has 3 rings (SSSR count). The van der Waals surface area contributed by atoms with Crippen LogP contribution < -0.4 is 11.1 Å². The maximum absolute atomic E-state index is 14.3. The molecule has 1 atom stereocenters. The second kappa shape index (κ2) is 5.49. The third-order valence-electron chi connectivity index (χ3n) is 4.39. The second-order valence-electron chi connectivity index (χ2n) is 6.52. The number of halogens is 1. The molecule has 2 aliphatic rings. The Morgan fingerprint density at radius 1 is 1.39 bits per heavy atom. The minimum absolute atomic E-state index is 0.0479. The Morgan fingerprint density at radius 3 is 2.74 bits per heavy atom. The van der Waals surface area contributed by atoms with Gasteiger partial charge in [-0.1, -0.05) is 0 Å². The summed E-state index contributed by atoms with van der Waals surface area (Å²) in [5.74, 6) is -0.524. The van der Waals surface area contributed by atoms with Crippen LogP contribution in [-0.2, 0) is 19.8 Å². The standard InChI is InChI=1S/C16H20FN3O3/c1-15(8-22-9-15)13(21)19-10-3-4-12(17)11(7-10)16(2)5-6-23-14(18)20-16/h3-4,7H,5-6,8-9H2,1-2H3,(H2,18,20)(H,19,21)/t16-/m0/s1. The number of carbonyl (C=O) groups is 1. The molecule has 0 radical (unpaired) electrons. The highest BCUT2D eigenvalue weighted by Crippen LogP contribution is 2.35. The number of nitrogens with two attached hydrogens (primary N) is 1. The minimum atomic E-state index is -0.809. The highest BCUT2D eigenvalue weighted by Gasteiger charge is 2.41. The van der Waals surface area contributed by atoms with Crippen LogP contribution in [0, 0.1) is 11.2 Å². The zero-order valence-corrected chi connectivity index (χ0v) is 13.2. The number of amides is 1. The molecular weight excluding hydrogens is 301 g/mol. The fourth-order valence-corrected chi connectivity index (χ4v) is 2.72. The first-order valence-corrected chi connectivity index (χ1v) is 7.50. The lowest BCUT2D eigenvalue weighted by atomic mass is 9.86. The van der Waals surface area contributed by atoms with Gasteiger partial charge in [-0.05, 0) is 32.0 Å². The molecule has 0 unspecified atom stereocenters. The van der Waals surface area contributed by atoms with E-state index in [0.29, 0.717) is 37.5 Å². The molecule has 0 spiro atoms. The average molecular weight is 321 g/mol. The first-order valence-electron chi connectivity index (χ1n) is 7.50. The van der Waals surface area contributed by atoms with Gasteiger partial charge in [0.1, 0.15) is 5.82 Å². The van der Waals surface area contributed by atoms with Gasteiger partial charge in [0.15, 0.2) is 0 Å². The van der Waals surface area contributed by atoms with Gasteiger partial charge in [0, 0.05) is 17.7 Å². The number of anilines is 1. The SMILES string of the molecule is CC1(C(=O)Nc2ccc(F)c([C@]3(C)CCOC(N)=N3)c2)COC1. The first-order chi connectivity index (χ1) is 10.8. The summed E-state index contributed by atoms with van der Waals surface area (Å²) in [7, 11) is 0. The van der Waals surface area contributed by atoms with Crippen molar-refractivity contribution in [2.24, 2.45) is 16.1 Å². The fraction of sp³-hybridized carbons (Fsp3) is 0.500. The Balaban J connectivity index is 1.87. The van der Waals surface area contributed by atoms with E-state index in [4.69, 9.17) is 15.2 Å². The molecular formula is C16H20FN3O3. The molecule has 7 heteroatoms. The largest absolute Gasteiger partial charge is 0.465 e. The van der Waals surface area contributed by atoms with E-state index in [-0.39, 0.29) is 17.7 Å². The molecule has 0 bridgehead atoms. The van der Waals surface area contributed by atoms with Crippen molar-refractivity contribution >= 4 is 17.6 Å². The predicted molar refractivity (Wildman–Crippen MR) is 83.5 cm³/mol. The normalized spacial score (nSPS) is 25.8. The van der Waals surface area contributed by atoms with Gasteiger partial charge in [-0.3, -0.25) is 4.79 Å². The molecule has 1 aromatic carbocycles. The van der Waals surface area contributed by atoms with E-state index in [1.54, 1.807) is 13.0 Å². The molecule has 2 aliphatic heterocycles. The van der Waals surface area contributed by atoms with E-state index < -0.39 is 11.0 Å². The topological polar surface area (TPSA) is 85.9 Å². The van der Waals surface area contributed by atoms with Crippen LogP contribution in [0.5, 0.6) is 0 Å². The summed E-state index contributed by atoms with van der Waals surface area (Å²) in [6.07, 6.45) is 0.508. The number of hydrogen-bond acceptors (Lipinski definition) is 5. The summed E-state index contributed by atoms with van der Waals surface area (Å²) in [4.78, 5) is 16.5. The van der Waals surface area contributed by atoms with Crippen molar-refractivity contribution in [2.75, 3.05) is 25.1 Å². The van der Waals surface area contributed by atoms with Gasteiger partial charge in [-0.15, -0.1) is 0 Å². The van der Waals surface area contributed by atoms with E-state index >= 15 is 0 Å². The molecule has 0 aliphatic carbocycles. The number of rotatable bonds is 3. The molecule has 3 N–H and O–H groups in total. The molecule has 2 heterocycles. The molecule has 1 amide bonds. The van der Waals surface area contributed by atoms with E-state index in [9.17, 15) is 9.18 Å². The number of aliphatic imine (C=N–C) groups is 1. The van der Waals surface area contributed by atoms with E-state index in [2.05, 4.69) is 10.3 Å². The minimum Gasteiger partial charge on any atom is -0.465 e. The van der Waals surface area contributed by atoms with Crippen LogP contribution in [0.4, 0.5) is 10.1 Å². The molecule has 1 fully saturated rings. The molecule has 23 heavy (non-hydrogen) atoms. The van der Waals surface area contributed by atoms with Crippen molar-refractivity contribution in [3.63, 3.8) is 0 Å². The zero-order valence-electron chi connectivity index (χ0n) is 13.2. The van der Waals surface area contributed by atoms with Crippen molar-refractivity contribution in [1.82, 2.24) is 0 Å². The van der Waals surface area contributed by atoms with Crippen LogP contribution in [0.15, 0.2) is 23.2 Å². The summed E-state index contributed by atoms with van der Waals surface area (Å²) in [6, 6.07) is 4.52. The van der Waals surface area contributed by atoms with Gasteiger partial charge in [-0.2, -0.15) is 0 Å². The lowest BCUT2D eigenvalue weighted by Crippen LogP contribution is -2.49. The summed E-state index contributed by atoms with van der Waals surface area (Å²) >= 11 is 0. The second-order valence-corrected chi connectivity index (χ2v) is 6.52. The zero-order chi connectivity index (χ0) is 16.7. The molecule has 0 aromatic heterocycles. The van der Waals surface area contributed by atoms with Crippen molar-refractivity contribution in [2.45, 2.75) is 25.8 Å². The fourth-order valence-electron chi connectivity index (χ4n) is 2.72. The van der Waals surface area contributed by atoms with E-state index in [0.717, 1.165) is 0 Å². The van der Waals surface area contributed by atoms with Crippen molar-refractivity contribution < 1.29 is 18.7 Å². The number of benzene rings is 1. The molecule has 124 valence electrons. The van der Waals surface area contributed by atoms with Gasteiger partial charge in [0.2, 0.25) is 5.91 Å². The molecule has 1 saturated heterocycles. The van der Waals surface area contributed by atoms with Crippen LogP contribution in [0.2, 0.25) is 0 Å². The van der Waals surface area contributed by atoms with Crippen molar-refractivity contribution in [3.05, 3.63) is 29.6 Å². The van der Waals surface area contributed by atoms with Crippen LogP contribution in [0.1, 0.15) is 25.8 Å². The first kappa shape index (κ1) is 15.7. The Kier molecular flexibility index (Phi) is 3.75.